The Labute approximate surface area is 124 Å². The Morgan fingerprint density at radius 2 is 2.10 bits per heavy atom. The van der Waals surface area contributed by atoms with Crippen LogP contribution in [0.15, 0.2) is 18.2 Å². The fourth-order valence-corrected chi connectivity index (χ4v) is 2.83. The van der Waals surface area contributed by atoms with E-state index in [1.165, 1.54) is 0 Å². The van der Waals surface area contributed by atoms with Gasteiger partial charge in [-0.15, -0.1) is 0 Å². The molecule has 1 saturated carbocycles. The van der Waals surface area contributed by atoms with Crippen molar-refractivity contribution in [2.24, 2.45) is 11.7 Å². The van der Waals surface area contributed by atoms with Crippen molar-refractivity contribution in [3.63, 3.8) is 0 Å². The molecule has 0 saturated heterocycles. The second kappa shape index (κ2) is 6.95. The molecule has 1 aliphatic carbocycles. The third-order valence-corrected chi connectivity index (χ3v) is 4.14. The Balaban J connectivity index is 2.06. The van der Waals surface area contributed by atoms with Crippen LogP contribution in [-0.2, 0) is 4.79 Å². The molecule has 1 aliphatic rings. The van der Waals surface area contributed by atoms with Crippen molar-refractivity contribution in [2.75, 3.05) is 12.4 Å². The molecular weight excluding hydrogens is 276 g/mol. The molecule has 0 heterocycles. The van der Waals surface area contributed by atoms with E-state index in [9.17, 15) is 4.79 Å². The van der Waals surface area contributed by atoms with Crippen molar-refractivity contribution in [3.8, 4) is 5.75 Å². The van der Waals surface area contributed by atoms with Crippen LogP contribution in [0.4, 0.5) is 5.69 Å². The van der Waals surface area contributed by atoms with Crippen LogP contribution in [0.5, 0.6) is 5.75 Å². The number of nitrogens with two attached hydrogens (primary N) is 1. The van der Waals surface area contributed by atoms with Gasteiger partial charge in [0.05, 0.1) is 18.1 Å². The summed E-state index contributed by atoms with van der Waals surface area (Å²) in [6.45, 7) is 0. The molecule has 5 heteroatoms. The summed E-state index contributed by atoms with van der Waals surface area (Å²) in [7, 11) is 1.55. The number of methoxy groups -OCH3 is 1. The molecular formula is C15H21ClN2O2. The van der Waals surface area contributed by atoms with Gasteiger partial charge in [0.2, 0.25) is 5.91 Å². The smallest absolute Gasteiger partial charge is 0.229 e. The maximum absolute atomic E-state index is 12.4. The topological polar surface area (TPSA) is 64.3 Å². The second-order valence-electron chi connectivity index (χ2n) is 5.25. The Kier molecular flexibility index (Phi) is 5.26. The molecule has 3 N–H and O–H groups in total. The van der Waals surface area contributed by atoms with Gasteiger partial charge in [-0.1, -0.05) is 30.9 Å². The highest BCUT2D eigenvalue weighted by molar-refractivity contribution is 6.32. The van der Waals surface area contributed by atoms with Crippen molar-refractivity contribution < 1.29 is 9.53 Å². The SMILES string of the molecule is COc1cc(NC(=O)C2CCCCCC2N)ccc1Cl. The summed E-state index contributed by atoms with van der Waals surface area (Å²) < 4.78 is 5.15. The Bertz CT molecular complexity index is 479. The second-order valence-corrected chi connectivity index (χ2v) is 5.65. The molecule has 1 amide bonds. The largest absolute Gasteiger partial charge is 0.495 e. The molecule has 2 unspecified atom stereocenters. The summed E-state index contributed by atoms with van der Waals surface area (Å²) in [4.78, 5) is 12.4. The van der Waals surface area contributed by atoms with Crippen molar-refractivity contribution in [2.45, 2.75) is 38.1 Å². The maximum Gasteiger partial charge on any atom is 0.229 e. The van der Waals surface area contributed by atoms with E-state index in [1.807, 2.05) is 0 Å². The first-order valence-electron chi connectivity index (χ1n) is 7.02. The number of carbonyl (C=O) groups excluding carboxylic acids is 1. The number of amides is 1. The molecule has 0 aliphatic heterocycles. The number of hydrogen-bond donors (Lipinski definition) is 2. The molecule has 1 fully saturated rings. The predicted octanol–water partition coefficient (Wildman–Crippen LogP) is 3.19. The van der Waals surface area contributed by atoms with Gasteiger partial charge in [-0.05, 0) is 25.0 Å². The van der Waals surface area contributed by atoms with Crippen LogP contribution in [0.1, 0.15) is 32.1 Å². The van der Waals surface area contributed by atoms with E-state index < -0.39 is 0 Å². The third-order valence-electron chi connectivity index (χ3n) is 3.82. The Morgan fingerprint density at radius 1 is 1.35 bits per heavy atom. The minimum Gasteiger partial charge on any atom is -0.495 e. The summed E-state index contributed by atoms with van der Waals surface area (Å²) in [6, 6.07) is 5.16. The van der Waals surface area contributed by atoms with Gasteiger partial charge in [0, 0.05) is 17.8 Å². The van der Waals surface area contributed by atoms with Gasteiger partial charge in [-0.25, -0.2) is 0 Å². The minimum atomic E-state index is -0.112. The van der Waals surface area contributed by atoms with E-state index in [1.54, 1.807) is 25.3 Å². The molecule has 1 aromatic carbocycles. The fourth-order valence-electron chi connectivity index (χ4n) is 2.63. The molecule has 0 aromatic heterocycles. The zero-order valence-electron chi connectivity index (χ0n) is 11.7. The highest BCUT2D eigenvalue weighted by Gasteiger charge is 2.27. The van der Waals surface area contributed by atoms with Crippen LogP contribution in [-0.4, -0.2) is 19.1 Å². The molecule has 110 valence electrons. The molecule has 0 spiro atoms. The molecule has 0 bridgehead atoms. The highest BCUT2D eigenvalue weighted by Crippen LogP contribution is 2.28. The molecule has 2 rings (SSSR count). The van der Waals surface area contributed by atoms with Crippen LogP contribution in [0.2, 0.25) is 5.02 Å². The fraction of sp³-hybridized carbons (Fsp3) is 0.533. The third kappa shape index (κ3) is 3.64. The van der Waals surface area contributed by atoms with Crippen LogP contribution < -0.4 is 15.8 Å². The van der Waals surface area contributed by atoms with Gasteiger partial charge in [0.15, 0.2) is 0 Å². The minimum absolute atomic E-state index is 0.0104. The lowest BCUT2D eigenvalue weighted by Crippen LogP contribution is -2.37. The van der Waals surface area contributed by atoms with Crippen molar-refractivity contribution in [1.82, 2.24) is 0 Å². The van der Waals surface area contributed by atoms with E-state index in [2.05, 4.69) is 5.32 Å². The van der Waals surface area contributed by atoms with Gasteiger partial charge in [-0.3, -0.25) is 4.79 Å². The number of carbonyl (C=O) groups is 1. The van der Waals surface area contributed by atoms with Gasteiger partial charge in [-0.2, -0.15) is 0 Å². The summed E-state index contributed by atoms with van der Waals surface area (Å²) in [6.07, 6.45) is 5.11. The highest BCUT2D eigenvalue weighted by atomic mass is 35.5. The van der Waals surface area contributed by atoms with Crippen LogP contribution in [0.3, 0.4) is 0 Å². The maximum atomic E-state index is 12.4. The summed E-state index contributed by atoms with van der Waals surface area (Å²) in [5.74, 6) is 0.428. The molecule has 0 radical (unpaired) electrons. The van der Waals surface area contributed by atoms with Crippen molar-refractivity contribution >= 4 is 23.2 Å². The quantitative estimate of drug-likeness (QED) is 0.842. The first-order chi connectivity index (χ1) is 9.61. The van der Waals surface area contributed by atoms with Crippen LogP contribution >= 0.6 is 11.6 Å². The van der Waals surface area contributed by atoms with E-state index in [-0.39, 0.29) is 17.9 Å². The standard InChI is InChI=1S/C15H21ClN2O2/c1-20-14-9-10(7-8-12(14)16)18-15(19)11-5-3-2-4-6-13(11)17/h7-9,11,13H,2-6,17H2,1H3,(H,18,19). The first kappa shape index (κ1) is 15.1. The number of nitrogens with one attached hydrogen (secondary N) is 1. The van der Waals surface area contributed by atoms with E-state index in [0.717, 1.165) is 32.1 Å². The number of hydrogen-bond acceptors (Lipinski definition) is 3. The monoisotopic (exact) mass is 296 g/mol. The number of rotatable bonds is 3. The first-order valence-corrected chi connectivity index (χ1v) is 7.39. The Hall–Kier alpha value is -1.26. The summed E-state index contributed by atoms with van der Waals surface area (Å²) in [5.41, 5.74) is 6.79. The van der Waals surface area contributed by atoms with E-state index in [0.29, 0.717) is 16.5 Å². The lowest BCUT2D eigenvalue weighted by molar-refractivity contribution is -0.120. The number of benzene rings is 1. The lowest BCUT2D eigenvalue weighted by atomic mass is 9.94. The number of halogens is 1. The van der Waals surface area contributed by atoms with Gasteiger partial charge in [0.1, 0.15) is 5.75 Å². The van der Waals surface area contributed by atoms with Crippen LogP contribution in [0, 0.1) is 5.92 Å². The zero-order chi connectivity index (χ0) is 14.5. The Morgan fingerprint density at radius 3 is 2.85 bits per heavy atom. The molecule has 2 atom stereocenters. The van der Waals surface area contributed by atoms with Crippen molar-refractivity contribution in [3.05, 3.63) is 23.2 Å². The van der Waals surface area contributed by atoms with E-state index >= 15 is 0 Å². The lowest BCUT2D eigenvalue weighted by Gasteiger charge is -2.20. The normalized spacial score (nSPS) is 22.9. The van der Waals surface area contributed by atoms with Gasteiger partial charge >= 0.3 is 0 Å². The number of anilines is 1. The summed E-state index contributed by atoms with van der Waals surface area (Å²) in [5, 5.41) is 3.44. The van der Waals surface area contributed by atoms with Gasteiger partial charge in [0.25, 0.3) is 0 Å². The zero-order valence-corrected chi connectivity index (χ0v) is 12.5. The number of ether oxygens (including phenoxy) is 1. The average Bonchev–Trinajstić information content (AvgIpc) is 2.65. The molecule has 20 heavy (non-hydrogen) atoms. The average molecular weight is 297 g/mol. The van der Waals surface area contributed by atoms with Gasteiger partial charge < -0.3 is 15.8 Å². The molecule has 1 aromatic rings. The summed E-state index contributed by atoms with van der Waals surface area (Å²) >= 11 is 5.97. The predicted molar refractivity (Wildman–Crippen MR) is 81.2 cm³/mol. The van der Waals surface area contributed by atoms with Crippen LogP contribution in [0.25, 0.3) is 0 Å². The van der Waals surface area contributed by atoms with E-state index in [4.69, 9.17) is 22.1 Å². The van der Waals surface area contributed by atoms with Crippen molar-refractivity contribution in [1.29, 1.82) is 0 Å². The molecule has 4 nitrogen and oxygen atoms in total.